The van der Waals surface area contributed by atoms with Gasteiger partial charge in [-0.25, -0.2) is 4.98 Å². The van der Waals surface area contributed by atoms with Crippen molar-refractivity contribution >= 4 is 16.9 Å². The van der Waals surface area contributed by atoms with Crippen LogP contribution in [0.2, 0.25) is 0 Å². The van der Waals surface area contributed by atoms with Crippen molar-refractivity contribution in [3.8, 4) is 0 Å². The lowest BCUT2D eigenvalue weighted by Crippen LogP contribution is -2.39. The smallest absolute Gasteiger partial charge is 0.252 e. The molecule has 0 aromatic carbocycles. The molecule has 6 nitrogen and oxygen atoms in total. The number of hydrogen-bond donors (Lipinski definition) is 1. The number of nitrogens with one attached hydrogen (secondary N) is 1. The fourth-order valence-corrected chi connectivity index (χ4v) is 4.30. The van der Waals surface area contributed by atoms with E-state index in [1.807, 2.05) is 20.0 Å². The quantitative estimate of drug-likeness (QED) is 0.795. The number of carbonyl (C=O) groups is 1. The molecule has 1 unspecified atom stereocenters. The molecule has 3 heterocycles. The normalized spacial score (nSPS) is 20.9. The summed E-state index contributed by atoms with van der Waals surface area (Å²) in [4.78, 5) is 20.3. The van der Waals surface area contributed by atoms with Crippen molar-refractivity contribution in [2.24, 2.45) is 7.05 Å². The average molecular weight is 370 g/mol. The first-order valence-corrected chi connectivity index (χ1v) is 10.4. The van der Waals surface area contributed by atoms with E-state index in [0.29, 0.717) is 18.5 Å². The van der Waals surface area contributed by atoms with E-state index in [1.54, 1.807) is 4.68 Å². The zero-order valence-electron chi connectivity index (χ0n) is 16.8. The van der Waals surface area contributed by atoms with Crippen molar-refractivity contribution in [1.29, 1.82) is 0 Å². The maximum atomic E-state index is 12.9. The van der Waals surface area contributed by atoms with Gasteiger partial charge in [-0.15, -0.1) is 0 Å². The van der Waals surface area contributed by atoms with Crippen molar-refractivity contribution in [3.05, 3.63) is 23.0 Å². The number of carbonyl (C=O) groups excluding carboxylic acids is 1. The number of piperidine rings is 1. The van der Waals surface area contributed by atoms with E-state index in [2.05, 4.69) is 22.2 Å². The maximum Gasteiger partial charge on any atom is 0.252 e. The first-order valence-electron chi connectivity index (χ1n) is 10.4. The Hall–Kier alpha value is -1.95. The van der Waals surface area contributed by atoms with Gasteiger partial charge in [0.15, 0.2) is 5.65 Å². The summed E-state index contributed by atoms with van der Waals surface area (Å²) in [5.74, 6) is 0.517. The highest BCUT2D eigenvalue weighted by atomic mass is 16.1. The van der Waals surface area contributed by atoms with Crippen LogP contribution >= 0.6 is 0 Å². The molecule has 0 bridgehead atoms. The number of fused-ring (bicyclic) bond motifs is 1. The Labute approximate surface area is 161 Å². The summed E-state index contributed by atoms with van der Waals surface area (Å²) in [6.45, 7) is 7.24. The van der Waals surface area contributed by atoms with Gasteiger partial charge in [0.1, 0.15) is 0 Å². The number of hydrogen-bond acceptors (Lipinski definition) is 4. The largest absolute Gasteiger partial charge is 0.352 e. The molecule has 146 valence electrons. The number of aryl methyl sites for hydroxylation is 2. The van der Waals surface area contributed by atoms with Crippen LogP contribution in [0.15, 0.2) is 6.07 Å². The minimum Gasteiger partial charge on any atom is -0.352 e. The molecule has 1 saturated heterocycles. The van der Waals surface area contributed by atoms with E-state index in [4.69, 9.17) is 4.98 Å². The molecule has 2 aromatic heterocycles. The molecule has 0 spiro atoms. The number of nitrogens with zero attached hydrogens (tertiary/aromatic N) is 4. The molecular formula is C21H31N5O. The Bertz CT molecular complexity index is 839. The topological polar surface area (TPSA) is 63.1 Å². The SMILES string of the molecule is Cc1nn(C)c2nc(C3CC3)cc(C(=O)NCCCN3CCCCC3C)c12. The zero-order chi connectivity index (χ0) is 19.0. The van der Waals surface area contributed by atoms with Crippen LogP contribution < -0.4 is 5.32 Å². The van der Waals surface area contributed by atoms with Gasteiger partial charge < -0.3 is 10.2 Å². The predicted octanol–water partition coefficient (Wildman–Crippen LogP) is 3.15. The van der Waals surface area contributed by atoms with Crippen LogP contribution in [-0.4, -0.2) is 51.2 Å². The fourth-order valence-electron chi connectivity index (χ4n) is 4.30. The first kappa shape index (κ1) is 18.4. The van der Waals surface area contributed by atoms with Crippen LogP contribution in [0.4, 0.5) is 0 Å². The Morgan fingerprint density at radius 1 is 1.30 bits per heavy atom. The van der Waals surface area contributed by atoms with Gasteiger partial charge in [0.05, 0.1) is 16.6 Å². The van der Waals surface area contributed by atoms with Crippen LogP contribution in [0, 0.1) is 6.92 Å². The average Bonchev–Trinajstić information content (AvgIpc) is 3.46. The summed E-state index contributed by atoms with van der Waals surface area (Å²) in [6, 6.07) is 2.67. The van der Waals surface area contributed by atoms with E-state index in [9.17, 15) is 4.79 Å². The molecule has 1 N–H and O–H groups in total. The summed E-state index contributed by atoms with van der Waals surface area (Å²) in [7, 11) is 1.90. The van der Waals surface area contributed by atoms with E-state index in [0.717, 1.165) is 41.0 Å². The number of pyridine rings is 1. The third kappa shape index (κ3) is 3.86. The van der Waals surface area contributed by atoms with Gasteiger partial charge in [0, 0.05) is 37.8 Å². The van der Waals surface area contributed by atoms with Gasteiger partial charge in [0.25, 0.3) is 5.91 Å². The molecule has 2 aliphatic rings. The molecule has 0 radical (unpaired) electrons. The van der Waals surface area contributed by atoms with Crippen LogP contribution in [0.1, 0.15) is 73.1 Å². The lowest BCUT2D eigenvalue weighted by Gasteiger charge is -2.33. The number of rotatable bonds is 6. The highest BCUT2D eigenvalue weighted by Gasteiger charge is 2.28. The van der Waals surface area contributed by atoms with Crippen molar-refractivity contribution in [1.82, 2.24) is 25.0 Å². The van der Waals surface area contributed by atoms with Crippen molar-refractivity contribution in [2.75, 3.05) is 19.6 Å². The van der Waals surface area contributed by atoms with Crippen molar-refractivity contribution in [3.63, 3.8) is 0 Å². The van der Waals surface area contributed by atoms with E-state index < -0.39 is 0 Å². The molecule has 1 aliphatic heterocycles. The van der Waals surface area contributed by atoms with Crippen LogP contribution in [0.25, 0.3) is 11.0 Å². The third-order valence-corrected chi connectivity index (χ3v) is 6.08. The summed E-state index contributed by atoms with van der Waals surface area (Å²) in [5, 5.41) is 8.52. The highest BCUT2D eigenvalue weighted by molar-refractivity contribution is 6.06. The van der Waals surface area contributed by atoms with Crippen LogP contribution in [0.3, 0.4) is 0 Å². The van der Waals surface area contributed by atoms with Crippen LogP contribution in [0.5, 0.6) is 0 Å². The Kier molecular flexibility index (Phi) is 5.17. The Morgan fingerprint density at radius 3 is 2.85 bits per heavy atom. The summed E-state index contributed by atoms with van der Waals surface area (Å²) < 4.78 is 1.80. The van der Waals surface area contributed by atoms with E-state index in [1.165, 1.54) is 38.6 Å². The lowest BCUT2D eigenvalue weighted by atomic mass is 10.0. The van der Waals surface area contributed by atoms with Crippen LogP contribution in [-0.2, 0) is 7.05 Å². The number of likely N-dealkylation sites (tertiary alicyclic amines) is 1. The van der Waals surface area contributed by atoms with Gasteiger partial charge in [-0.1, -0.05) is 6.42 Å². The zero-order valence-corrected chi connectivity index (χ0v) is 16.8. The third-order valence-electron chi connectivity index (χ3n) is 6.08. The van der Waals surface area contributed by atoms with E-state index >= 15 is 0 Å². The summed E-state index contributed by atoms with van der Waals surface area (Å²) >= 11 is 0. The first-order chi connectivity index (χ1) is 13.0. The molecule has 6 heteroatoms. The second-order valence-corrected chi connectivity index (χ2v) is 8.27. The molecule has 1 atom stereocenters. The summed E-state index contributed by atoms with van der Waals surface area (Å²) in [6.07, 6.45) is 7.28. The Morgan fingerprint density at radius 2 is 2.11 bits per heavy atom. The number of aromatic nitrogens is 3. The standard InChI is InChI=1S/C21H31N5O/c1-14-7-4-5-11-26(14)12-6-10-22-21(27)17-13-18(16-8-9-16)23-20-19(17)15(2)24-25(20)3/h13-14,16H,4-12H2,1-3H3,(H,22,27). The molecule has 1 saturated carbocycles. The molecule has 1 amide bonds. The lowest BCUT2D eigenvalue weighted by molar-refractivity contribution is 0.0950. The van der Waals surface area contributed by atoms with Gasteiger partial charge in [-0.05, 0) is 58.6 Å². The monoisotopic (exact) mass is 369 g/mol. The second-order valence-electron chi connectivity index (χ2n) is 8.27. The fraction of sp³-hybridized carbons (Fsp3) is 0.667. The Balaban J connectivity index is 1.44. The molecule has 1 aliphatic carbocycles. The minimum absolute atomic E-state index is 0.00657. The maximum absolute atomic E-state index is 12.9. The second kappa shape index (κ2) is 7.58. The molecule has 27 heavy (non-hydrogen) atoms. The highest BCUT2D eigenvalue weighted by Crippen LogP contribution is 2.40. The summed E-state index contributed by atoms with van der Waals surface area (Å²) in [5.41, 5.74) is 3.47. The van der Waals surface area contributed by atoms with Crippen molar-refractivity contribution < 1.29 is 4.79 Å². The molecule has 4 rings (SSSR count). The molecular weight excluding hydrogens is 338 g/mol. The molecule has 2 aromatic rings. The predicted molar refractivity (Wildman–Crippen MR) is 107 cm³/mol. The minimum atomic E-state index is 0.00657. The van der Waals surface area contributed by atoms with Gasteiger partial charge in [-0.3, -0.25) is 9.48 Å². The van der Waals surface area contributed by atoms with Gasteiger partial charge in [-0.2, -0.15) is 5.10 Å². The van der Waals surface area contributed by atoms with Crippen molar-refractivity contribution in [2.45, 2.75) is 64.3 Å². The van der Waals surface area contributed by atoms with E-state index in [-0.39, 0.29) is 5.91 Å². The van der Waals surface area contributed by atoms with Gasteiger partial charge >= 0.3 is 0 Å². The molecule has 2 fully saturated rings. The number of amides is 1. The van der Waals surface area contributed by atoms with Gasteiger partial charge in [0.2, 0.25) is 0 Å².